The van der Waals surface area contributed by atoms with Crippen molar-refractivity contribution in [2.24, 2.45) is 5.73 Å². The van der Waals surface area contributed by atoms with Crippen molar-refractivity contribution in [2.75, 3.05) is 5.32 Å². The van der Waals surface area contributed by atoms with Crippen LogP contribution in [0.5, 0.6) is 0 Å². The first-order valence-corrected chi connectivity index (χ1v) is 7.23. The van der Waals surface area contributed by atoms with Gasteiger partial charge in [-0.1, -0.05) is 0 Å². The van der Waals surface area contributed by atoms with Crippen molar-refractivity contribution in [3.05, 3.63) is 23.2 Å². The van der Waals surface area contributed by atoms with Crippen LogP contribution in [0.1, 0.15) is 30.9 Å². The number of amides is 1. The van der Waals surface area contributed by atoms with Crippen molar-refractivity contribution < 1.29 is 9.53 Å². The van der Waals surface area contributed by atoms with Crippen molar-refractivity contribution >= 4 is 29.3 Å². The number of hydrogen-bond donors (Lipinski definition) is 3. The average molecular weight is 293 g/mol. The summed E-state index contributed by atoms with van der Waals surface area (Å²) in [6.45, 7) is 0. The molecule has 1 saturated carbocycles. The fourth-order valence-corrected chi connectivity index (χ4v) is 2.98. The molecule has 2 atom stereocenters. The second-order valence-electron chi connectivity index (χ2n) is 4.79. The maximum absolute atomic E-state index is 10.7. The topological polar surface area (TPSA) is 106 Å². The van der Waals surface area contributed by atoms with Crippen LogP contribution >= 0.6 is 11.5 Å². The van der Waals surface area contributed by atoms with E-state index in [1.807, 2.05) is 17.5 Å². The number of nitrogens with zero attached hydrogens (tertiary/aromatic N) is 2. The number of hydrogen-bond acceptors (Lipinski definition) is 6. The number of nitrogens with two attached hydrogens (primary N) is 1. The molecule has 1 unspecified atom stereocenters. The Labute approximate surface area is 119 Å². The molecule has 0 aliphatic heterocycles. The number of rotatable bonds is 4. The van der Waals surface area contributed by atoms with Crippen LogP contribution in [0.3, 0.4) is 0 Å². The van der Waals surface area contributed by atoms with E-state index >= 15 is 0 Å². The number of aromatic nitrogens is 3. The second-order valence-corrected chi connectivity index (χ2v) is 5.45. The van der Waals surface area contributed by atoms with E-state index in [0.29, 0.717) is 5.92 Å². The monoisotopic (exact) mass is 293 g/mol. The summed E-state index contributed by atoms with van der Waals surface area (Å²) in [6.07, 6.45) is 1.78. The molecule has 20 heavy (non-hydrogen) atoms. The SMILES string of the molecule is NC(=O)OC1CC[C@H](c2cc(Nc3ccsn3)n[nH]2)C1. The van der Waals surface area contributed by atoms with Gasteiger partial charge in [0.05, 0.1) is 0 Å². The van der Waals surface area contributed by atoms with Gasteiger partial charge in [0.25, 0.3) is 0 Å². The number of anilines is 2. The molecule has 0 radical (unpaired) electrons. The first-order chi connectivity index (χ1) is 9.70. The molecule has 0 bridgehead atoms. The molecule has 1 aliphatic carbocycles. The van der Waals surface area contributed by atoms with E-state index in [1.165, 1.54) is 11.5 Å². The Hall–Kier alpha value is -2.09. The van der Waals surface area contributed by atoms with Crippen LogP contribution in [-0.4, -0.2) is 26.8 Å². The van der Waals surface area contributed by atoms with Crippen LogP contribution in [0, 0.1) is 0 Å². The van der Waals surface area contributed by atoms with Gasteiger partial charge in [0.1, 0.15) is 11.9 Å². The lowest BCUT2D eigenvalue weighted by atomic mass is 10.0. The number of ether oxygens (including phenoxy) is 1. The minimum Gasteiger partial charge on any atom is -0.446 e. The summed E-state index contributed by atoms with van der Waals surface area (Å²) in [4.78, 5) is 10.7. The van der Waals surface area contributed by atoms with E-state index in [9.17, 15) is 4.79 Å². The number of nitrogens with one attached hydrogen (secondary N) is 2. The predicted octanol–water partition coefficient (Wildman–Crippen LogP) is 2.34. The normalized spacial score (nSPS) is 21.8. The zero-order valence-corrected chi connectivity index (χ0v) is 11.5. The summed E-state index contributed by atoms with van der Waals surface area (Å²) < 4.78 is 9.20. The molecule has 4 N–H and O–H groups in total. The number of carbonyl (C=O) groups excluding carboxylic acids is 1. The molecule has 1 aliphatic rings. The smallest absolute Gasteiger partial charge is 0.404 e. The molecule has 1 amide bonds. The zero-order chi connectivity index (χ0) is 13.9. The van der Waals surface area contributed by atoms with E-state index < -0.39 is 6.09 Å². The van der Waals surface area contributed by atoms with Crippen LogP contribution < -0.4 is 11.1 Å². The fourth-order valence-electron chi connectivity index (χ4n) is 2.51. The van der Waals surface area contributed by atoms with E-state index in [0.717, 1.165) is 36.6 Å². The fraction of sp³-hybridized carbons (Fsp3) is 0.417. The molecular formula is C12H15N5O2S. The van der Waals surface area contributed by atoms with Crippen LogP contribution in [0.4, 0.5) is 16.4 Å². The molecule has 8 heteroatoms. The lowest BCUT2D eigenvalue weighted by Crippen LogP contribution is -2.20. The Morgan fingerprint density at radius 1 is 1.50 bits per heavy atom. The largest absolute Gasteiger partial charge is 0.446 e. The highest BCUT2D eigenvalue weighted by molar-refractivity contribution is 7.03. The third-order valence-corrected chi connectivity index (χ3v) is 3.96. The summed E-state index contributed by atoms with van der Waals surface area (Å²) in [7, 11) is 0. The van der Waals surface area contributed by atoms with Gasteiger partial charge in [-0.05, 0) is 36.9 Å². The lowest BCUT2D eigenvalue weighted by Gasteiger charge is -2.09. The highest BCUT2D eigenvalue weighted by Crippen LogP contribution is 2.35. The Morgan fingerprint density at radius 2 is 2.40 bits per heavy atom. The van der Waals surface area contributed by atoms with Crippen LogP contribution in [-0.2, 0) is 4.74 Å². The highest BCUT2D eigenvalue weighted by atomic mass is 32.1. The van der Waals surface area contributed by atoms with Crippen LogP contribution in [0.2, 0.25) is 0 Å². The molecule has 0 saturated heterocycles. The van der Waals surface area contributed by atoms with Crippen LogP contribution in [0.25, 0.3) is 0 Å². The highest BCUT2D eigenvalue weighted by Gasteiger charge is 2.29. The molecule has 106 valence electrons. The second kappa shape index (κ2) is 5.49. The maximum Gasteiger partial charge on any atom is 0.404 e. The first kappa shape index (κ1) is 12.9. The molecule has 2 aromatic heterocycles. The third kappa shape index (κ3) is 2.90. The van der Waals surface area contributed by atoms with Crippen molar-refractivity contribution in [1.82, 2.24) is 14.6 Å². The molecular weight excluding hydrogens is 278 g/mol. The molecule has 0 aromatic carbocycles. The molecule has 3 rings (SSSR count). The molecule has 2 heterocycles. The van der Waals surface area contributed by atoms with Gasteiger partial charge in [-0.25, -0.2) is 4.79 Å². The number of H-pyrrole nitrogens is 1. The quantitative estimate of drug-likeness (QED) is 0.802. The summed E-state index contributed by atoms with van der Waals surface area (Å²) in [5.74, 6) is 1.84. The molecule has 2 aromatic rings. The molecule has 0 spiro atoms. The van der Waals surface area contributed by atoms with Gasteiger partial charge in [0.2, 0.25) is 0 Å². The summed E-state index contributed by atoms with van der Waals surface area (Å²) in [6, 6.07) is 3.86. The third-order valence-electron chi connectivity index (χ3n) is 3.40. The van der Waals surface area contributed by atoms with Crippen molar-refractivity contribution in [3.8, 4) is 0 Å². The van der Waals surface area contributed by atoms with Gasteiger partial charge in [0.15, 0.2) is 5.82 Å². The Kier molecular flexibility index (Phi) is 3.55. The van der Waals surface area contributed by atoms with Gasteiger partial charge in [0, 0.05) is 23.1 Å². The van der Waals surface area contributed by atoms with Crippen LogP contribution in [0.15, 0.2) is 17.5 Å². The average Bonchev–Trinajstić information content (AvgIpc) is 3.09. The van der Waals surface area contributed by atoms with Crippen molar-refractivity contribution in [2.45, 2.75) is 31.3 Å². The summed E-state index contributed by atoms with van der Waals surface area (Å²) in [5.41, 5.74) is 6.08. The maximum atomic E-state index is 10.7. The minimum atomic E-state index is -0.703. The lowest BCUT2D eigenvalue weighted by molar-refractivity contribution is 0.109. The minimum absolute atomic E-state index is 0.0873. The van der Waals surface area contributed by atoms with E-state index in [1.54, 1.807) is 0 Å². The van der Waals surface area contributed by atoms with Gasteiger partial charge >= 0.3 is 6.09 Å². The van der Waals surface area contributed by atoms with Crippen molar-refractivity contribution in [3.63, 3.8) is 0 Å². The van der Waals surface area contributed by atoms with Gasteiger partial charge in [-0.3, -0.25) is 5.10 Å². The Bertz CT molecular complexity index is 582. The zero-order valence-electron chi connectivity index (χ0n) is 10.7. The number of primary amides is 1. The van der Waals surface area contributed by atoms with Gasteiger partial charge < -0.3 is 15.8 Å². The van der Waals surface area contributed by atoms with Gasteiger partial charge in [-0.2, -0.15) is 9.47 Å². The van der Waals surface area contributed by atoms with E-state index in [-0.39, 0.29) is 6.10 Å². The summed E-state index contributed by atoms with van der Waals surface area (Å²) in [5, 5.41) is 12.3. The van der Waals surface area contributed by atoms with Crippen molar-refractivity contribution in [1.29, 1.82) is 0 Å². The predicted molar refractivity (Wildman–Crippen MR) is 75.0 cm³/mol. The summed E-state index contributed by atoms with van der Waals surface area (Å²) >= 11 is 1.39. The molecule has 1 fully saturated rings. The Morgan fingerprint density at radius 3 is 3.15 bits per heavy atom. The Balaban J connectivity index is 1.61. The first-order valence-electron chi connectivity index (χ1n) is 6.39. The molecule has 7 nitrogen and oxygen atoms in total. The van der Waals surface area contributed by atoms with Gasteiger partial charge in [-0.15, -0.1) is 0 Å². The number of carbonyl (C=O) groups is 1. The number of aromatic amines is 1. The van der Waals surface area contributed by atoms with E-state index in [4.69, 9.17) is 10.5 Å². The standard InChI is InChI=1S/C12H15N5O2S/c13-12(18)19-8-2-1-7(5-8)9-6-11(16-15-9)14-10-3-4-20-17-10/h3-4,6-8H,1-2,5H2,(H2,13,18)(H2,14,15,16,17)/t7-,8?/m0/s1. The van der Waals surface area contributed by atoms with E-state index in [2.05, 4.69) is 19.9 Å².